The van der Waals surface area contributed by atoms with Crippen molar-refractivity contribution in [3.8, 4) is 17.2 Å². The molecule has 3 aromatic rings. The Morgan fingerprint density at radius 1 is 1.23 bits per heavy atom. The number of likely N-dealkylation sites (tertiary alicyclic amines) is 1. The second kappa shape index (κ2) is 7.81. The number of hydrogen-bond donors (Lipinski definition) is 0. The third-order valence-corrected chi connectivity index (χ3v) is 6.28. The molecule has 0 N–H and O–H groups in total. The van der Waals surface area contributed by atoms with Crippen LogP contribution >= 0.6 is 11.3 Å². The van der Waals surface area contributed by atoms with Gasteiger partial charge in [0.15, 0.2) is 0 Å². The predicted octanol–water partition coefficient (Wildman–Crippen LogP) is 4.38. The molecule has 0 radical (unpaired) electrons. The molecular formula is C21H15F4N3O2S. The topological polar surface area (TPSA) is 66.1 Å². The summed E-state index contributed by atoms with van der Waals surface area (Å²) in [5.41, 5.74) is -1.72. The molecule has 10 heteroatoms. The van der Waals surface area contributed by atoms with Crippen LogP contribution in [-0.4, -0.2) is 28.5 Å². The number of benzene rings is 1. The number of carbonyl (C=O) groups is 1. The number of thiophene rings is 1. The average Bonchev–Trinajstić information content (AvgIpc) is 3.40. The van der Waals surface area contributed by atoms with E-state index in [0.717, 1.165) is 34.8 Å². The number of carbonyl (C=O) groups excluding carboxylic acids is 1. The summed E-state index contributed by atoms with van der Waals surface area (Å²) in [6.07, 6.45) is -1.84. The third-order valence-electron chi connectivity index (χ3n) is 5.26. The smallest absolute Gasteiger partial charge is 0.341 e. The van der Waals surface area contributed by atoms with Gasteiger partial charge in [-0.1, -0.05) is 6.07 Å². The van der Waals surface area contributed by atoms with Gasteiger partial charge in [0, 0.05) is 30.2 Å². The van der Waals surface area contributed by atoms with E-state index in [0.29, 0.717) is 29.9 Å². The molecule has 0 atom stereocenters. The van der Waals surface area contributed by atoms with Crippen molar-refractivity contribution in [1.29, 1.82) is 5.26 Å². The molecule has 1 amide bonds. The maximum absolute atomic E-state index is 13.7. The number of aromatic nitrogens is 1. The number of nitriles is 1. The van der Waals surface area contributed by atoms with Crippen molar-refractivity contribution < 1.29 is 22.4 Å². The first kappa shape index (κ1) is 21.1. The van der Waals surface area contributed by atoms with Crippen molar-refractivity contribution in [3.05, 3.63) is 57.1 Å². The van der Waals surface area contributed by atoms with E-state index in [1.807, 2.05) is 6.07 Å². The number of fused-ring (bicyclic) bond motifs is 1. The number of alkyl halides is 3. The zero-order chi connectivity index (χ0) is 22.3. The fraction of sp³-hybridized carbons (Fsp3) is 0.286. The Kier molecular flexibility index (Phi) is 5.31. The van der Waals surface area contributed by atoms with Crippen LogP contribution in [0.5, 0.6) is 0 Å². The first-order valence-electron chi connectivity index (χ1n) is 9.40. The van der Waals surface area contributed by atoms with Crippen LogP contribution in [0.25, 0.3) is 21.2 Å². The molecule has 1 aliphatic rings. The summed E-state index contributed by atoms with van der Waals surface area (Å²) in [7, 11) is 0. The summed E-state index contributed by atoms with van der Waals surface area (Å²) in [5.74, 6) is -1.68. The van der Waals surface area contributed by atoms with Gasteiger partial charge in [0.1, 0.15) is 18.4 Å². The van der Waals surface area contributed by atoms with Gasteiger partial charge in [0.25, 0.3) is 5.56 Å². The van der Waals surface area contributed by atoms with Gasteiger partial charge in [-0.2, -0.15) is 18.4 Å². The Morgan fingerprint density at radius 3 is 2.58 bits per heavy atom. The Labute approximate surface area is 177 Å². The Balaban J connectivity index is 1.86. The van der Waals surface area contributed by atoms with Gasteiger partial charge < -0.3 is 9.47 Å². The highest BCUT2D eigenvalue weighted by Crippen LogP contribution is 2.38. The van der Waals surface area contributed by atoms with E-state index in [-0.39, 0.29) is 34.5 Å². The molecule has 2 aromatic heterocycles. The normalized spacial score (nSPS) is 14.2. The van der Waals surface area contributed by atoms with Crippen LogP contribution in [0.3, 0.4) is 0 Å². The minimum absolute atomic E-state index is 0.00424. The van der Waals surface area contributed by atoms with E-state index < -0.39 is 23.1 Å². The Morgan fingerprint density at radius 2 is 1.94 bits per heavy atom. The highest BCUT2D eigenvalue weighted by molar-refractivity contribution is 7.18. The Bertz CT molecular complexity index is 1280. The van der Waals surface area contributed by atoms with Crippen molar-refractivity contribution in [2.45, 2.75) is 25.6 Å². The lowest BCUT2D eigenvalue weighted by Crippen LogP contribution is -2.34. The van der Waals surface area contributed by atoms with Crippen molar-refractivity contribution in [3.63, 3.8) is 0 Å². The maximum Gasteiger partial charge on any atom is 0.419 e. The third kappa shape index (κ3) is 3.81. The summed E-state index contributed by atoms with van der Waals surface area (Å²) >= 11 is 1.04. The molecule has 1 aliphatic heterocycles. The first-order chi connectivity index (χ1) is 14.7. The lowest BCUT2D eigenvalue weighted by atomic mass is 10.0. The quantitative estimate of drug-likeness (QED) is 0.558. The molecule has 4 rings (SSSR count). The molecular weight excluding hydrogens is 434 g/mol. The summed E-state index contributed by atoms with van der Waals surface area (Å²) in [6, 6.07) is 4.48. The molecule has 3 heterocycles. The van der Waals surface area contributed by atoms with Gasteiger partial charge >= 0.3 is 6.18 Å². The highest BCUT2D eigenvalue weighted by atomic mass is 32.1. The number of nitrogens with zero attached hydrogens (tertiary/aromatic N) is 3. The molecule has 0 spiro atoms. The molecule has 1 fully saturated rings. The summed E-state index contributed by atoms with van der Waals surface area (Å²) in [6.45, 7) is 0.927. The largest absolute Gasteiger partial charge is 0.419 e. The van der Waals surface area contributed by atoms with E-state index in [1.165, 1.54) is 11.6 Å². The predicted molar refractivity (Wildman–Crippen MR) is 107 cm³/mol. The fourth-order valence-corrected chi connectivity index (χ4v) is 4.75. The second-order valence-corrected chi connectivity index (χ2v) is 8.10. The van der Waals surface area contributed by atoms with Crippen LogP contribution in [0.1, 0.15) is 24.0 Å². The van der Waals surface area contributed by atoms with Gasteiger partial charge in [0.2, 0.25) is 5.91 Å². The highest BCUT2D eigenvalue weighted by Gasteiger charge is 2.34. The van der Waals surface area contributed by atoms with Gasteiger partial charge in [-0.15, -0.1) is 11.3 Å². The lowest BCUT2D eigenvalue weighted by Gasteiger charge is -2.16. The van der Waals surface area contributed by atoms with E-state index in [4.69, 9.17) is 0 Å². The maximum atomic E-state index is 13.7. The molecule has 160 valence electrons. The number of hydrogen-bond acceptors (Lipinski definition) is 4. The summed E-state index contributed by atoms with van der Waals surface area (Å²) < 4.78 is 54.6. The zero-order valence-electron chi connectivity index (χ0n) is 16.0. The molecule has 1 saturated heterocycles. The standard InChI is InChI=1S/C21H15F4N3O2S/c22-16-4-3-12(7-15(16)21(23,24)25)14-11-31-19-13(8-26)9-28(20(30)18(14)19)10-17(29)27-5-1-2-6-27/h3-4,7,9,11H,1-2,5-6,10H2. The molecule has 0 saturated carbocycles. The van der Waals surface area contributed by atoms with E-state index in [9.17, 15) is 32.4 Å². The van der Waals surface area contributed by atoms with E-state index in [1.54, 1.807) is 4.90 Å². The van der Waals surface area contributed by atoms with Crippen molar-refractivity contribution in [2.24, 2.45) is 0 Å². The monoisotopic (exact) mass is 449 g/mol. The van der Waals surface area contributed by atoms with Crippen molar-refractivity contribution in [1.82, 2.24) is 9.47 Å². The zero-order valence-corrected chi connectivity index (χ0v) is 16.8. The average molecular weight is 449 g/mol. The van der Waals surface area contributed by atoms with Crippen LogP contribution < -0.4 is 5.56 Å². The van der Waals surface area contributed by atoms with Crippen LogP contribution in [0.2, 0.25) is 0 Å². The molecule has 5 nitrogen and oxygen atoms in total. The lowest BCUT2D eigenvalue weighted by molar-refractivity contribution is -0.140. The van der Waals surface area contributed by atoms with Crippen LogP contribution in [-0.2, 0) is 17.5 Å². The van der Waals surface area contributed by atoms with E-state index in [2.05, 4.69) is 0 Å². The van der Waals surface area contributed by atoms with Gasteiger partial charge in [0.05, 0.1) is 21.2 Å². The fourth-order valence-electron chi connectivity index (χ4n) is 3.72. The van der Waals surface area contributed by atoms with Crippen LogP contribution in [0, 0.1) is 17.1 Å². The molecule has 1 aromatic carbocycles. The van der Waals surface area contributed by atoms with Crippen molar-refractivity contribution in [2.75, 3.05) is 13.1 Å². The van der Waals surface area contributed by atoms with Crippen LogP contribution in [0.4, 0.5) is 17.6 Å². The Hall–Kier alpha value is -3.19. The molecule has 0 unspecified atom stereocenters. The summed E-state index contributed by atoms with van der Waals surface area (Å²) in [4.78, 5) is 27.3. The number of rotatable bonds is 3. The van der Waals surface area contributed by atoms with Crippen molar-refractivity contribution >= 4 is 27.3 Å². The first-order valence-corrected chi connectivity index (χ1v) is 10.3. The molecule has 0 bridgehead atoms. The SMILES string of the molecule is N#Cc1cn(CC(=O)N2CCCC2)c(=O)c2c(-c3ccc(F)c(C(F)(F)F)c3)csc12. The van der Waals surface area contributed by atoms with E-state index >= 15 is 0 Å². The number of amides is 1. The van der Waals surface area contributed by atoms with Gasteiger partial charge in [-0.3, -0.25) is 9.59 Å². The second-order valence-electron chi connectivity index (χ2n) is 7.22. The molecule has 0 aliphatic carbocycles. The van der Waals surface area contributed by atoms with Gasteiger partial charge in [-0.25, -0.2) is 4.39 Å². The van der Waals surface area contributed by atoms with Crippen LogP contribution in [0.15, 0.2) is 34.6 Å². The minimum atomic E-state index is -4.90. The minimum Gasteiger partial charge on any atom is -0.341 e. The number of halogens is 4. The van der Waals surface area contributed by atoms with Gasteiger partial charge in [-0.05, 0) is 30.5 Å². The molecule has 31 heavy (non-hydrogen) atoms. The number of pyridine rings is 1. The summed E-state index contributed by atoms with van der Waals surface area (Å²) in [5, 5.41) is 11.0.